The van der Waals surface area contributed by atoms with Crippen LogP contribution in [0.2, 0.25) is 0 Å². The van der Waals surface area contributed by atoms with E-state index >= 15 is 0 Å². The zero-order chi connectivity index (χ0) is 20.8. The van der Waals surface area contributed by atoms with Crippen LogP contribution in [0.5, 0.6) is 0 Å². The average Bonchev–Trinajstić information content (AvgIpc) is 3.04. The fourth-order valence-electron chi connectivity index (χ4n) is 3.73. The summed E-state index contributed by atoms with van der Waals surface area (Å²) < 4.78 is 4.93. The number of rotatable bonds is 7. The van der Waals surface area contributed by atoms with Crippen molar-refractivity contribution in [3.05, 3.63) is 51.9 Å². The number of hydrogen-bond donors (Lipinski definition) is 1. The Hall–Kier alpha value is -2.22. The number of piperazine rings is 1. The number of nitrogens with zero attached hydrogens (tertiary/aromatic N) is 2. The number of anilines is 1. The molecule has 1 aromatic carbocycles. The molecular formula is C22H29N3O3S. The Bertz CT molecular complexity index is 842. The number of thiophene rings is 1. The summed E-state index contributed by atoms with van der Waals surface area (Å²) in [5, 5.41) is 3.54. The molecule has 29 heavy (non-hydrogen) atoms. The largest absolute Gasteiger partial charge is 0.465 e. The van der Waals surface area contributed by atoms with Gasteiger partial charge >= 0.3 is 5.97 Å². The van der Waals surface area contributed by atoms with E-state index in [4.69, 9.17) is 4.74 Å². The number of carbonyl (C=O) groups is 2. The monoisotopic (exact) mass is 415 g/mol. The molecule has 7 heteroatoms. The molecule has 0 radical (unpaired) electrons. The third-order valence-electron chi connectivity index (χ3n) is 5.29. The van der Waals surface area contributed by atoms with Crippen LogP contribution in [0.3, 0.4) is 0 Å². The lowest BCUT2D eigenvalue weighted by Gasteiger charge is -2.34. The second-order valence-electron chi connectivity index (χ2n) is 7.27. The lowest BCUT2D eigenvalue weighted by Crippen LogP contribution is -2.48. The van der Waals surface area contributed by atoms with E-state index < -0.39 is 5.97 Å². The molecule has 0 saturated carbocycles. The van der Waals surface area contributed by atoms with Crippen LogP contribution >= 0.6 is 11.3 Å². The Labute approximate surface area is 176 Å². The van der Waals surface area contributed by atoms with Gasteiger partial charge in [0.25, 0.3) is 0 Å². The maximum Gasteiger partial charge on any atom is 0.341 e. The molecule has 3 rings (SSSR count). The molecule has 0 bridgehead atoms. The topological polar surface area (TPSA) is 61.9 Å². The molecule has 156 valence electrons. The van der Waals surface area contributed by atoms with Crippen molar-refractivity contribution in [3.8, 4) is 0 Å². The first-order valence-electron chi connectivity index (χ1n) is 10.0. The van der Waals surface area contributed by atoms with Crippen LogP contribution in [0, 0.1) is 6.92 Å². The lowest BCUT2D eigenvalue weighted by atomic mass is 10.1. The smallest absolute Gasteiger partial charge is 0.341 e. The minimum Gasteiger partial charge on any atom is -0.465 e. The van der Waals surface area contributed by atoms with Gasteiger partial charge in [0.15, 0.2) is 0 Å². The van der Waals surface area contributed by atoms with Crippen LogP contribution in [0.4, 0.5) is 5.00 Å². The van der Waals surface area contributed by atoms with Gasteiger partial charge in [-0.3, -0.25) is 14.6 Å². The summed E-state index contributed by atoms with van der Waals surface area (Å²) in [6, 6.07) is 10.5. The van der Waals surface area contributed by atoms with Gasteiger partial charge < -0.3 is 10.1 Å². The number of amides is 1. The van der Waals surface area contributed by atoms with Crippen molar-refractivity contribution in [1.29, 1.82) is 0 Å². The summed E-state index contributed by atoms with van der Waals surface area (Å²) in [7, 11) is 1.37. The first-order valence-corrected chi connectivity index (χ1v) is 10.8. The maximum absolute atomic E-state index is 12.6. The Morgan fingerprint density at radius 2 is 1.76 bits per heavy atom. The van der Waals surface area contributed by atoms with E-state index in [-0.39, 0.29) is 5.91 Å². The van der Waals surface area contributed by atoms with Gasteiger partial charge in [-0.05, 0) is 24.5 Å². The van der Waals surface area contributed by atoms with Gasteiger partial charge in [0.05, 0.1) is 19.2 Å². The molecule has 0 spiro atoms. The quantitative estimate of drug-likeness (QED) is 0.704. The highest BCUT2D eigenvalue weighted by molar-refractivity contribution is 7.16. The summed E-state index contributed by atoms with van der Waals surface area (Å²) in [5.74, 6) is -0.480. The highest BCUT2D eigenvalue weighted by Gasteiger charge is 2.24. The number of nitrogens with one attached hydrogen (secondary N) is 1. The van der Waals surface area contributed by atoms with Gasteiger partial charge in [0.1, 0.15) is 5.00 Å². The van der Waals surface area contributed by atoms with Crippen LogP contribution < -0.4 is 5.32 Å². The van der Waals surface area contributed by atoms with Crippen molar-refractivity contribution in [2.45, 2.75) is 26.8 Å². The zero-order valence-electron chi connectivity index (χ0n) is 17.4. The van der Waals surface area contributed by atoms with Crippen molar-refractivity contribution in [2.75, 3.05) is 45.2 Å². The third-order valence-corrected chi connectivity index (χ3v) is 6.35. The molecule has 0 unspecified atom stereocenters. The van der Waals surface area contributed by atoms with Crippen molar-refractivity contribution in [2.24, 2.45) is 0 Å². The SMILES string of the molecule is CCc1c(C)sc(NC(=O)CN2CCN(Cc3ccccc3)CC2)c1C(=O)OC. The van der Waals surface area contributed by atoms with Gasteiger partial charge in [-0.15, -0.1) is 11.3 Å². The molecule has 1 aromatic heterocycles. The highest BCUT2D eigenvalue weighted by Crippen LogP contribution is 2.34. The molecule has 0 atom stereocenters. The van der Waals surface area contributed by atoms with E-state index in [1.54, 1.807) is 0 Å². The van der Waals surface area contributed by atoms with Gasteiger partial charge in [-0.2, -0.15) is 0 Å². The number of benzene rings is 1. The fourth-order valence-corrected chi connectivity index (χ4v) is 4.88. The first-order chi connectivity index (χ1) is 14.0. The van der Waals surface area contributed by atoms with Crippen molar-refractivity contribution < 1.29 is 14.3 Å². The molecule has 2 heterocycles. The summed E-state index contributed by atoms with van der Waals surface area (Å²) in [4.78, 5) is 30.4. The maximum atomic E-state index is 12.6. The van der Waals surface area contributed by atoms with Crippen LogP contribution in [0.15, 0.2) is 30.3 Å². The molecule has 6 nitrogen and oxygen atoms in total. The van der Waals surface area contributed by atoms with E-state index in [1.807, 2.05) is 19.9 Å². The molecule has 2 aromatic rings. The lowest BCUT2D eigenvalue weighted by molar-refractivity contribution is -0.117. The molecule has 1 aliphatic rings. The normalized spacial score (nSPS) is 15.3. The van der Waals surface area contributed by atoms with E-state index in [0.717, 1.165) is 49.6 Å². The molecular weight excluding hydrogens is 386 g/mol. The van der Waals surface area contributed by atoms with E-state index in [9.17, 15) is 9.59 Å². The third kappa shape index (κ3) is 5.44. The van der Waals surface area contributed by atoms with Crippen molar-refractivity contribution in [3.63, 3.8) is 0 Å². The fraction of sp³-hybridized carbons (Fsp3) is 0.455. The van der Waals surface area contributed by atoms with E-state index in [0.29, 0.717) is 17.1 Å². The van der Waals surface area contributed by atoms with Crippen molar-refractivity contribution >= 4 is 28.2 Å². The summed E-state index contributed by atoms with van der Waals surface area (Å²) in [6.07, 6.45) is 0.728. The Morgan fingerprint density at radius 3 is 2.38 bits per heavy atom. The van der Waals surface area contributed by atoms with Gasteiger partial charge in [-0.25, -0.2) is 4.79 Å². The van der Waals surface area contributed by atoms with E-state index in [2.05, 4.69) is 39.4 Å². The van der Waals surface area contributed by atoms with Crippen LogP contribution in [-0.4, -0.2) is 61.5 Å². The summed E-state index contributed by atoms with van der Waals surface area (Å²) >= 11 is 1.44. The summed E-state index contributed by atoms with van der Waals surface area (Å²) in [6.45, 7) is 8.83. The highest BCUT2D eigenvalue weighted by atomic mass is 32.1. The van der Waals surface area contributed by atoms with Gasteiger partial charge in [0, 0.05) is 37.6 Å². The molecule has 1 N–H and O–H groups in total. The molecule has 1 fully saturated rings. The Kier molecular flexibility index (Phi) is 7.41. The van der Waals surface area contributed by atoms with Crippen LogP contribution in [-0.2, 0) is 22.5 Å². The molecule has 1 amide bonds. The van der Waals surface area contributed by atoms with Crippen LogP contribution in [0.25, 0.3) is 0 Å². The Balaban J connectivity index is 1.54. The van der Waals surface area contributed by atoms with E-state index in [1.165, 1.54) is 24.0 Å². The molecule has 1 saturated heterocycles. The number of hydrogen-bond acceptors (Lipinski definition) is 6. The number of aryl methyl sites for hydroxylation is 1. The van der Waals surface area contributed by atoms with Crippen molar-refractivity contribution in [1.82, 2.24) is 9.80 Å². The standard InChI is InChI=1S/C22H29N3O3S/c1-4-18-16(2)29-21(20(18)22(27)28-3)23-19(26)15-25-12-10-24(11-13-25)14-17-8-6-5-7-9-17/h5-9H,4,10-15H2,1-3H3,(H,23,26). The Morgan fingerprint density at radius 1 is 1.10 bits per heavy atom. The number of carbonyl (C=O) groups excluding carboxylic acids is 2. The minimum atomic E-state index is -0.393. The molecule has 0 aliphatic carbocycles. The zero-order valence-corrected chi connectivity index (χ0v) is 18.2. The summed E-state index contributed by atoms with van der Waals surface area (Å²) in [5.41, 5.74) is 2.76. The second-order valence-corrected chi connectivity index (χ2v) is 8.50. The van der Waals surface area contributed by atoms with Gasteiger partial charge in [-0.1, -0.05) is 37.3 Å². The molecule has 1 aliphatic heterocycles. The van der Waals surface area contributed by atoms with Crippen LogP contribution in [0.1, 0.15) is 33.3 Å². The predicted octanol–water partition coefficient (Wildman–Crippen LogP) is 3.16. The second kappa shape index (κ2) is 10.0. The van der Waals surface area contributed by atoms with Gasteiger partial charge in [0.2, 0.25) is 5.91 Å². The first kappa shape index (κ1) is 21.5. The minimum absolute atomic E-state index is 0.0874. The number of esters is 1. The number of methoxy groups -OCH3 is 1. The average molecular weight is 416 g/mol. The predicted molar refractivity (Wildman–Crippen MR) is 117 cm³/mol. The number of ether oxygens (including phenoxy) is 1.